The number of aliphatic carboxylic acids is 1. The molecule has 7 rings (SSSR count). The van der Waals surface area contributed by atoms with E-state index in [2.05, 4.69) is 22.5 Å². The van der Waals surface area contributed by atoms with Crippen LogP contribution >= 0.6 is 0 Å². The lowest BCUT2D eigenvalue weighted by Gasteiger charge is -2.46. The molecule has 0 bridgehead atoms. The van der Waals surface area contributed by atoms with Gasteiger partial charge in [0, 0.05) is 5.56 Å². The number of primary amides is 1. The summed E-state index contributed by atoms with van der Waals surface area (Å²) >= 11 is 0. The molecule has 62 heavy (non-hydrogen) atoms. The maximum atomic E-state index is 16.0. The van der Waals surface area contributed by atoms with E-state index in [9.17, 15) is 34.2 Å². The Hall–Kier alpha value is -7.22. The lowest BCUT2D eigenvalue weighted by molar-refractivity contribution is -0.179. The number of morpholine rings is 1. The molecular formula is C46H45N5O11. The van der Waals surface area contributed by atoms with Gasteiger partial charge in [0.25, 0.3) is 0 Å². The molecule has 16 nitrogen and oxygen atoms in total. The molecule has 320 valence electrons. The Bertz CT molecular complexity index is 2440. The van der Waals surface area contributed by atoms with Gasteiger partial charge in [-0.05, 0) is 58.5 Å². The Morgan fingerprint density at radius 3 is 2.16 bits per heavy atom. The lowest BCUT2D eigenvalue weighted by atomic mass is 9.65. The van der Waals surface area contributed by atoms with E-state index in [1.807, 2.05) is 24.3 Å². The number of ether oxygens (including phenoxy) is 3. The number of nitrogens with two attached hydrogens (primary N) is 1. The molecule has 3 aliphatic heterocycles. The molecular weight excluding hydrogens is 799 g/mol. The number of urea groups is 2. The van der Waals surface area contributed by atoms with Crippen LogP contribution in [-0.4, -0.2) is 89.9 Å². The van der Waals surface area contributed by atoms with Gasteiger partial charge in [-0.2, -0.15) is 0 Å². The van der Waals surface area contributed by atoms with Crippen LogP contribution in [0, 0.1) is 23.7 Å². The van der Waals surface area contributed by atoms with Crippen LogP contribution in [0.3, 0.4) is 0 Å². The highest BCUT2D eigenvalue weighted by Crippen LogP contribution is 2.66. The second-order valence-corrected chi connectivity index (χ2v) is 15.3. The molecule has 4 aromatic carbocycles. The molecule has 0 aliphatic carbocycles. The fourth-order valence-corrected chi connectivity index (χ4v) is 8.97. The SMILES string of the molecule is COC(=O)[C@@H](NC(=O)N1C(=O)[C@@]2(c3cc(C#CCNC(N)=O)ccc31)[C@H](c1ccc(OCCO)cc1)N1[C@H](c3ccccc3)[C@H](c3ccccc3)OC(=O)[C@H]1[C@@H]2C(=O)O)C(C)C. The van der Waals surface area contributed by atoms with Crippen molar-refractivity contribution in [3.63, 3.8) is 0 Å². The Balaban J connectivity index is 1.54. The van der Waals surface area contributed by atoms with E-state index in [0.717, 1.165) is 4.90 Å². The molecule has 0 aromatic heterocycles. The summed E-state index contributed by atoms with van der Waals surface area (Å²) in [4.78, 5) is 86.5. The average molecular weight is 844 g/mol. The number of imide groups is 1. The van der Waals surface area contributed by atoms with Crippen molar-refractivity contribution >= 4 is 41.6 Å². The molecule has 3 heterocycles. The normalized spacial score (nSPS) is 23.0. The number of fused-ring (bicyclic) bond motifs is 3. The number of benzene rings is 4. The van der Waals surface area contributed by atoms with Gasteiger partial charge in [0.1, 0.15) is 41.9 Å². The number of nitrogens with zero attached hydrogens (tertiary/aromatic N) is 2. The van der Waals surface area contributed by atoms with Gasteiger partial charge in [0.15, 0.2) is 0 Å². The van der Waals surface area contributed by atoms with E-state index in [1.165, 1.54) is 25.3 Å². The number of aliphatic hydroxyl groups is 1. The molecule has 2 saturated heterocycles. The van der Waals surface area contributed by atoms with Crippen molar-refractivity contribution in [3.8, 4) is 17.6 Å². The van der Waals surface area contributed by atoms with Crippen LogP contribution in [0.15, 0.2) is 103 Å². The number of hydrogen-bond donors (Lipinski definition) is 5. The van der Waals surface area contributed by atoms with Gasteiger partial charge in [-0.15, -0.1) is 0 Å². The van der Waals surface area contributed by atoms with Crippen molar-refractivity contribution in [2.75, 3.05) is 31.8 Å². The van der Waals surface area contributed by atoms with Crippen molar-refractivity contribution in [2.45, 2.75) is 49.5 Å². The van der Waals surface area contributed by atoms with Gasteiger partial charge >= 0.3 is 30.0 Å². The number of rotatable bonds is 11. The molecule has 2 fully saturated rings. The van der Waals surface area contributed by atoms with Gasteiger partial charge < -0.3 is 40.8 Å². The second-order valence-electron chi connectivity index (χ2n) is 15.3. The molecule has 0 radical (unpaired) electrons. The molecule has 0 unspecified atom stereocenters. The van der Waals surface area contributed by atoms with Crippen LogP contribution in [0.4, 0.5) is 15.3 Å². The summed E-state index contributed by atoms with van der Waals surface area (Å²) < 4.78 is 16.9. The fraction of sp³-hybridized carbons (Fsp3) is 0.304. The first-order chi connectivity index (χ1) is 29.8. The third-order valence-electron chi connectivity index (χ3n) is 11.5. The maximum Gasteiger partial charge on any atom is 0.329 e. The van der Waals surface area contributed by atoms with Gasteiger partial charge in [-0.3, -0.25) is 19.3 Å². The predicted octanol–water partition coefficient (Wildman–Crippen LogP) is 3.73. The first kappa shape index (κ1) is 42.9. The minimum Gasteiger partial charge on any atom is -0.491 e. The summed E-state index contributed by atoms with van der Waals surface area (Å²) in [6.07, 6.45) is -1.00. The summed E-state index contributed by atoms with van der Waals surface area (Å²) in [5.41, 5.74) is 4.94. The van der Waals surface area contributed by atoms with E-state index in [-0.39, 0.29) is 36.6 Å². The summed E-state index contributed by atoms with van der Waals surface area (Å²) in [5, 5.41) is 26.0. The number of hydrogen-bond acceptors (Lipinski definition) is 11. The highest BCUT2D eigenvalue weighted by molar-refractivity contribution is 6.24. The number of carbonyl (C=O) groups excluding carboxylic acids is 5. The van der Waals surface area contributed by atoms with Gasteiger partial charge in [-0.25, -0.2) is 19.3 Å². The lowest BCUT2D eigenvalue weighted by Crippen LogP contribution is -2.56. The third-order valence-corrected chi connectivity index (χ3v) is 11.5. The van der Waals surface area contributed by atoms with Gasteiger partial charge in [0.05, 0.1) is 38.0 Å². The van der Waals surface area contributed by atoms with Crippen LogP contribution in [0.2, 0.25) is 0 Å². The van der Waals surface area contributed by atoms with Crippen LogP contribution in [0.25, 0.3) is 0 Å². The predicted molar refractivity (Wildman–Crippen MR) is 222 cm³/mol. The minimum atomic E-state index is -2.27. The van der Waals surface area contributed by atoms with E-state index >= 15 is 4.79 Å². The zero-order chi connectivity index (χ0) is 44.3. The number of esters is 2. The van der Waals surface area contributed by atoms with Crippen LogP contribution < -0.4 is 26.0 Å². The van der Waals surface area contributed by atoms with Gasteiger partial charge in [0.2, 0.25) is 5.91 Å². The number of carboxylic acid groups (broad SMARTS) is 1. The van der Waals surface area contributed by atoms with Crippen molar-refractivity contribution in [2.24, 2.45) is 17.6 Å². The zero-order valence-corrected chi connectivity index (χ0v) is 34.0. The Labute approximate surface area is 356 Å². The number of carbonyl (C=O) groups is 6. The average Bonchev–Trinajstić information content (AvgIpc) is 3.73. The van der Waals surface area contributed by atoms with Crippen molar-refractivity contribution in [3.05, 3.63) is 131 Å². The highest BCUT2D eigenvalue weighted by Gasteiger charge is 2.76. The smallest absolute Gasteiger partial charge is 0.329 e. The number of amides is 5. The fourth-order valence-electron chi connectivity index (χ4n) is 8.97. The number of carboxylic acids is 1. The number of nitrogens with one attached hydrogen (secondary N) is 2. The molecule has 4 aromatic rings. The molecule has 16 heteroatoms. The van der Waals surface area contributed by atoms with Crippen LogP contribution in [0.1, 0.15) is 59.9 Å². The summed E-state index contributed by atoms with van der Waals surface area (Å²) in [6, 6.07) is 22.2. The van der Waals surface area contributed by atoms with E-state index in [0.29, 0.717) is 22.4 Å². The van der Waals surface area contributed by atoms with E-state index in [4.69, 9.17) is 19.9 Å². The zero-order valence-electron chi connectivity index (χ0n) is 34.0. The number of anilines is 1. The number of methoxy groups -OCH3 is 1. The second kappa shape index (κ2) is 17.8. The molecule has 3 aliphatic rings. The van der Waals surface area contributed by atoms with Crippen molar-refractivity contribution in [1.29, 1.82) is 0 Å². The molecule has 7 atom stereocenters. The number of aliphatic hydroxyl groups excluding tert-OH is 1. The topological polar surface area (TPSA) is 227 Å². The molecule has 1 spiro atoms. The summed E-state index contributed by atoms with van der Waals surface area (Å²) in [5.74, 6) is -0.484. The highest BCUT2D eigenvalue weighted by atomic mass is 16.6. The monoisotopic (exact) mass is 843 g/mol. The Morgan fingerprint density at radius 1 is 0.903 bits per heavy atom. The van der Waals surface area contributed by atoms with Gasteiger partial charge in [-0.1, -0.05) is 98.5 Å². The molecule has 0 saturated carbocycles. The largest absolute Gasteiger partial charge is 0.491 e. The Morgan fingerprint density at radius 2 is 1.56 bits per heavy atom. The minimum absolute atomic E-state index is 0.0103. The first-order valence-electron chi connectivity index (χ1n) is 19.9. The van der Waals surface area contributed by atoms with Crippen LogP contribution in [-0.2, 0) is 34.1 Å². The standard InChI is InChI=1S/C46H45N5O11/c1-26(2)35(41(55)60-3)49-45(59)50-33-21-16-27(11-10-22-48-44(47)58)25-32(33)46(43(50)57)34(40(53)54)37-42(56)62-38(29-14-8-5-9-15-29)36(28-12-6-4-7-13-28)51(37)39(46)30-17-19-31(20-18-30)61-24-23-52/h4-9,12-21,25-26,34-39,52H,22-24H2,1-3H3,(H,49,59)(H,53,54)(H3,47,48,58)/t34-,35+,36-,37-,38+,39+,46-/m1/s1. The van der Waals surface area contributed by atoms with Crippen molar-refractivity contribution in [1.82, 2.24) is 15.5 Å². The quantitative estimate of drug-likeness (QED) is 0.108. The number of cyclic esters (lactones) is 1. The first-order valence-corrected chi connectivity index (χ1v) is 19.9. The third kappa shape index (κ3) is 7.56. The van der Waals surface area contributed by atoms with Crippen LogP contribution in [0.5, 0.6) is 5.75 Å². The summed E-state index contributed by atoms with van der Waals surface area (Å²) in [7, 11) is 1.17. The molecule has 5 amide bonds. The van der Waals surface area contributed by atoms with Crippen molar-refractivity contribution < 1.29 is 53.2 Å². The summed E-state index contributed by atoms with van der Waals surface area (Å²) in [6.45, 7) is 2.95. The Kier molecular flexibility index (Phi) is 12.3. The molecule has 6 N–H and O–H groups in total. The maximum absolute atomic E-state index is 16.0. The van der Waals surface area contributed by atoms with E-state index in [1.54, 1.807) is 79.4 Å². The van der Waals surface area contributed by atoms with E-state index < -0.39 is 83.4 Å².